The molecule has 0 spiro atoms. The molecular formula is C14H21FN2S. The monoisotopic (exact) mass is 268 g/mol. The molecule has 0 aliphatic carbocycles. The normalized spacial score (nSPS) is 22.0. The Morgan fingerprint density at radius 1 is 1.56 bits per heavy atom. The minimum absolute atomic E-state index is 0.0556. The van der Waals surface area contributed by atoms with E-state index in [1.54, 1.807) is 12.1 Å². The van der Waals surface area contributed by atoms with Gasteiger partial charge in [0, 0.05) is 35.8 Å². The Labute approximate surface area is 113 Å². The highest BCUT2D eigenvalue weighted by atomic mass is 32.2. The van der Waals surface area contributed by atoms with Crippen molar-refractivity contribution in [3.63, 3.8) is 0 Å². The summed E-state index contributed by atoms with van der Waals surface area (Å²) < 4.78 is 13.4. The third-order valence-electron chi connectivity index (χ3n) is 3.26. The average Bonchev–Trinajstić information content (AvgIpc) is 2.30. The topological polar surface area (TPSA) is 29.3 Å². The molecule has 2 N–H and O–H groups in total. The Morgan fingerprint density at radius 3 is 3.00 bits per heavy atom. The Kier molecular flexibility index (Phi) is 4.51. The van der Waals surface area contributed by atoms with Crippen molar-refractivity contribution >= 4 is 17.4 Å². The fraction of sp³-hybridized carbons (Fsp3) is 0.571. The first-order valence-corrected chi connectivity index (χ1v) is 7.62. The molecule has 1 fully saturated rings. The quantitative estimate of drug-likeness (QED) is 0.914. The maximum atomic E-state index is 13.4. The van der Waals surface area contributed by atoms with Crippen molar-refractivity contribution in [2.75, 3.05) is 23.0 Å². The molecule has 2 rings (SSSR count). The van der Waals surface area contributed by atoms with Gasteiger partial charge in [-0.2, -0.15) is 11.8 Å². The Hall–Kier alpha value is -0.740. The van der Waals surface area contributed by atoms with Crippen molar-refractivity contribution < 1.29 is 4.39 Å². The Morgan fingerprint density at radius 2 is 2.33 bits per heavy atom. The van der Waals surface area contributed by atoms with Crippen molar-refractivity contribution in [2.45, 2.75) is 32.4 Å². The summed E-state index contributed by atoms with van der Waals surface area (Å²) in [6, 6.07) is 5.64. The molecule has 0 amide bonds. The highest BCUT2D eigenvalue weighted by molar-refractivity contribution is 7.99. The van der Waals surface area contributed by atoms with E-state index >= 15 is 0 Å². The van der Waals surface area contributed by atoms with Crippen LogP contribution in [0.1, 0.15) is 19.4 Å². The van der Waals surface area contributed by atoms with Gasteiger partial charge in [-0.1, -0.05) is 0 Å². The second-order valence-electron chi connectivity index (χ2n) is 5.07. The molecule has 1 aliphatic rings. The van der Waals surface area contributed by atoms with Crippen molar-refractivity contribution in [3.8, 4) is 0 Å². The van der Waals surface area contributed by atoms with Crippen LogP contribution in [-0.2, 0) is 6.42 Å². The maximum absolute atomic E-state index is 13.4. The third-order valence-corrected chi connectivity index (χ3v) is 4.45. The smallest absolute Gasteiger partial charge is 0.123 e. The minimum Gasteiger partial charge on any atom is -0.367 e. The van der Waals surface area contributed by atoms with E-state index in [-0.39, 0.29) is 11.9 Å². The molecule has 0 saturated carbocycles. The third kappa shape index (κ3) is 3.18. The molecule has 2 atom stereocenters. The lowest BCUT2D eigenvalue weighted by atomic mass is 10.0. The van der Waals surface area contributed by atoms with Crippen molar-refractivity contribution in [1.82, 2.24) is 0 Å². The van der Waals surface area contributed by atoms with E-state index in [4.69, 9.17) is 5.73 Å². The fourth-order valence-electron chi connectivity index (χ4n) is 2.43. The number of anilines is 1. The second kappa shape index (κ2) is 5.93. The summed E-state index contributed by atoms with van der Waals surface area (Å²) in [5.74, 6) is 2.10. The number of nitrogens with zero attached hydrogens (tertiary/aromatic N) is 1. The molecular weight excluding hydrogens is 247 g/mol. The molecule has 100 valence electrons. The summed E-state index contributed by atoms with van der Waals surface area (Å²) in [6.07, 6.45) is 0.726. The van der Waals surface area contributed by atoms with Crippen molar-refractivity contribution in [1.29, 1.82) is 0 Å². The largest absolute Gasteiger partial charge is 0.367 e. The lowest BCUT2D eigenvalue weighted by Gasteiger charge is -2.36. The molecule has 0 radical (unpaired) electrons. The minimum atomic E-state index is -0.173. The van der Waals surface area contributed by atoms with E-state index in [1.165, 1.54) is 0 Å². The summed E-state index contributed by atoms with van der Waals surface area (Å²) in [7, 11) is 0. The van der Waals surface area contributed by atoms with Crippen LogP contribution in [0.25, 0.3) is 0 Å². The van der Waals surface area contributed by atoms with Crippen LogP contribution in [0.3, 0.4) is 0 Å². The van der Waals surface area contributed by atoms with E-state index in [0.29, 0.717) is 6.04 Å². The molecule has 0 bridgehead atoms. The van der Waals surface area contributed by atoms with Gasteiger partial charge < -0.3 is 10.6 Å². The van der Waals surface area contributed by atoms with Crippen LogP contribution in [0.15, 0.2) is 18.2 Å². The van der Waals surface area contributed by atoms with Crippen LogP contribution < -0.4 is 10.6 Å². The van der Waals surface area contributed by atoms with E-state index in [9.17, 15) is 4.39 Å². The van der Waals surface area contributed by atoms with E-state index < -0.39 is 0 Å². The van der Waals surface area contributed by atoms with Crippen LogP contribution in [-0.4, -0.2) is 30.1 Å². The molecule has 1 aromatic carbocycles. The molecule has 1 heterocycles. The van der Waals surface area contributed by atoms with Crippen LogP contribution in [0, 0.1) is 5.82 Å². The average molecular weight is 268 g/mol. The lowest BCUT2D eigenvalue weighted by molar-refractivity contribution is 0.619. The number of hydrogen-bond acceptors (Lipinski definition) is 3. The Balaban J connectivity index is 2.30. The summed E-state index contributed by atoms with van der Waals surface area (Å²) in [4.78, 5) is 2.38. The summed E-state index contributed by atoms with van der Waals surface area (Å²) in [6.45, 7) is 5.22. The summed E-state index contributed by atoms with van der Waals surface area (Å²) >= 11 is 1.98. The van der Waals surface area contributed by atoms with E-state index in [2.05, 4.69) is 11.8 Å². The number of hydrogen-bond donors (Lipinski definition) is 1. The van der Waals surface area contributed by atoms with Crippen molar-refractivity contribution in [2.24, 2.45) is 5.73 Å². The predicted octanol–water partition coefficient (Wildman–Crippen LogP) is 2.66. The molecule has 2 unspecified atom stereocenters. The van der Waals surface area contributed by atoms with Gasteiger partial charge in [-0.3, -0.25) is 0 Å². The van der Waals surface area contributed by atoms with Gasteiger partial charge in [0.2, 0.25) is 0 Å². The van der Waals surface area contributed by atoms with Gasteiger partial charge in [0.15, 0.2) is 0 Å². The van der Waals surface area contributed by atoms with E-state index in [1.807, 2.05) is 24.8 Å². The standard InChI is InChI=1S/C14H21FN2S/c1-10(16)7-12-8-13(15)3-4-14(12)17-5-6-18-9-11(17)2/h3-4,8,10-11H,5-7,9,16H2,1-2H3. The summed E-state index contributed by atoms with van der Waals surface area (Å²) in [5, 5.41) is 0. The number of nitrogens with two attached hydrogens (primary N) is 1. The number of thioether (sulfide) groups is 1. The molecule has 1 aromatic rings. The van der Waals surface area contributed by atoms with Gasteiger partial charge in [0.1, 0.15) is 5.82 Å². The van der Waals surface area contributed by atoms with Crippen LogP contribution in [0.5, 0.6) is 0 Å². The number of halogens is 1. The molecule has 0 aromatic heterocycles. The maximum Gasteiger partial charge on any atom is 0.123 e. The zero-order valence-electron chi connectivity index (χ0n) is 11.0. The van der Waals surface area contributed by atoms with Crippen molar-refractivity contribution in [3.05, 3.63) is 29.6 Å². The van der Waals surface area contributed by atoms with Gasteiger partial charge in [-0.15, -0.1) is 0 Å². The first-order valence-electron chi connectivity index (χ1n) is 6.46. The molecule has 18 heavy (non-hydrogen) atoms. The van der Waals surface area contributed by atoms with Crippen LogP contribution in [0.4, 0.5) is 10.1 Å². The molecule has 2 nitrogen and oxygen atoms in total. The SMILES string of the molecule is CC(N)Cc1cc(F)ccc1N1CCSCC1C. The van der Waals surface area contributed by atoms with Crippen LogP contribution in [0.2, 0.25) is 0 Å². The fourth-order valence-corrected chi connectivity index (χ4v) is 3.44. The van der Waals surface area contributed by atoms with Gasteiger partial charge in [0.25, 0.3) is 0 Å². The number of rotatable bonds is 3. The first-order chi connectivity index (χ1) is 8.58. The van der Waals surface area contributed by atoms with Gasteiger partial charge in [-0.05, 0) is 44.0 Å². The van der Waals surface area contributed by atoms with Gasteiger partial charge in [0.05, 0.1) is 0 Å². The zero-order valence-corrected chi connectivity index (χ0v) is 11.8. The zero-order chi connectivity index (χ0) is 13.1. The second-order valence-corrected chi connectivity index (χ2v) is 6.22. The van der Waals surface area contributed by atoms with Gasteiger partial charge >= 0.3 is 0 Å². The lowest BCUT2D eigenvalue weighted by Crippen LogP contribution is -2.41. The van der Waals surface area contributed by atoms with E-state index in [0.717, 1.165) is 35.7 Å². The molecule has 1 saturated heterocycles. The highest BCUT2D eigenvalue weighted by Gasteiger charge is 2.21. The Bertz CT molecular complexity index is 409. The molecule has 1 aliphatic heterocycles. The van der Waals surface area contributed by atoms with Gasteiger partial charge in [-0.25, -0.2) is 4.39 Å². The predicted molar refractivity (Wildman–Crippen MR) is 77.9 cm³/mol. The highest BCUT2D eigenvalue weighted by Crippen LogP contribution is 2.28. The first kappa shape index (κ1) is 13.7. The molecule has 4 heteroatoms. The van der Waals surface area contributed by atoms with Crippen LogP contribution >= 0.6 is 11.8 Å². The summed E-state index contributed by atoms with van der Waals surface area (Å²) in [5.41, 5.74) is 8.05. The number of benzene rings is 1.